The fraction of sp³-hybridized carbons (Fsp3) is 0.133. The third kappa shape index (κ3) is 3.48. The second-order valence-electron chi connectivity index (χ2n) is 14.4. The summed E-state index contributed by atoms with van der Waals surface area (Å²) in [7, 11) is 0. The Morgan fingerprint density at radius 3 is 1.96 bits per heavy atom. The molecule has 0 atom stereocenters. The average Bonchev–Trinajstić information content (AvgIpc) is 3.60. The monoisotopic (exact) mass is 602 g/mol. The highest BCUT2D eigenvalue weighted by Crippen LogP contribution is 2.60. The van der Waals surface area contributed by atoms with Gasteiger partial charge in [-0.3, -0.25) is 4.57 Å². The van der Waals surface area contributed by atoms with Crippen molar-refractivity contribution in [3.05, 3.63) is 156 Å². The van der Waals surface area contributed by atoms with E-state index < -0.39 is 0 Å². The quantitative estimate of drug-likeness (QED) is 0.184. The van der Waals surface area contributed by atoms with Crippen molar-refractivity contribution in [2.75, 3.05) is 0 Å². The molecule has 0 N–H and O–H groups in total. The van der Waals surface area contributed by atoms with Gasteiger partial charge in [0, 0.05) is 22.1 Å². The van der Waals surface area contributed by atoms with Crippen LogP contribution in [0.2, 0.25) is 0 Å². The van der Waals surface area contributed by atoms with E-state index in [1.165, 1.54) is 66.1 Å². The van der Waals surface area contributed by atoms with Gasteiger partial charge in [-0.05, 0) is 109 Å². The summed E-state index contributed by atoms with van der Waals surface area (Å²) in [5.41, 5.74) is 15.3. The summed E-state index contributed by atoms with van der Waals surface area (Å²) in [4.78, 5) is 5.06. The topological polar surface area (TPSA) is 17.8 Å². The first-order valence-electron chi connectivity index (χ1n) is 16.6. The van der Waals surface area contributed by atoms with Crippen molar-refractivity contribution < 1.29 is 0 Å². The average molecular weight is 603 g/mol. The Morgan fingerprint density at radius 1 is 0.489 bits per heavy atom. The minimum Gasteiger partial charge on any atom is -0.292 e. The Hall–Kier alpha value is -5.47. The summed E-state index contributed by atoms with van der Waals surface area (Å²) in [6.45, 7) is 9.67. The van der Waals surface area contributed by atoms with E-state index in [-0.39, 0.29) is 10.8 Å². The van der Waals surface area contributed by atoms with Crippen LogP contribution in [-0.2, 0) is 10.8 Å². The standard InChI is InChI=1S/C45H34N2/c1-44(2)34-23-22-33-32-15-9-8-14-29(32)24-35-40(33)42(34)41-36(44)25-30(26-37(41)45(35,3)4)27-18-20-31(21-19-27)47-39-17-11-10-16-38(39)46-43(47)28-12-6-5-7-13-28/h5-26H,1-4H3. The highest BCUT2D eigenvalue weighted by Gasteiger charge is 2.45. The number of aromatic nitrogens is 2. The van der Waals surface area contributed by atoms with Crippen molar-refractivity contribution in [3.63, 3.8) is 0 Å². The van der Waals surface area contributed by atoms with Gasteiger partial charge >= 0.3 is 0 Å². The summed E-state index contributed by atoms with van der Waals surface area (Å²) in [5.74, 6) is 0.959. The van der Waals surface area contributed by atoms with E-state index in [0.29, 0.717) is 0 Å². The molecule has 2 nitrogen and oxygen atoms in total. The summed E-state index contributed by atoms with van der Waals surface area (Å²) in [5, 5.41) is 5.49. The van der Waals surface area contributed by atoms with E-state index >= 15 is 0 Å². The molecule has 10 rings (SSSR count). The third-order valence-electron chi connectivity index (χ3n) is 11.2. The minimum absolute atomic E-state index is 0.0901. The molecule has 0 unspecified atom stereocenters. The molecule has 1 heterocycles. The molecule has 7 aromatic carbocycles. The number of imidazole rings is 1. The molecule has 0 amide bonds. The fourth-order valence-electron chi connectivity index (χ4n) is 8.70. The van der Waals surface area contributed by atoms with Gasteiger partial charge in [-0.2, -0.15) is 0 Å². The van der Waals surface area contributed by atoms with Crippen LogP contribution >= 0.6 is 0 Å². The molecule has 224 valence electrons. The van der Waals surface area contributed by atoms with Gasteiger partial charge in [0.2, 0.25) is 0 Å². The van der Waals surface area contributed by atoms with Gasteiger partial charge < -0.3 is 0 Å². The number of rotatable bonds is 3. The molecule has 0 fully saturated rings. The van der Waals surface area contributed by atoms with Gasteiger partial charge in [-0.1, -0.05) is 119 Å². The smallest absolute Gasteiger partial charge is 0.145 e. The van der Waals surface area contributed by atoms with Crippen molar-refractivity contribution in [3.8, 4) is 39.3 Å². The number of fused-ring (bicyclic) bond motifs is 3. The number of para-hydroxylation sites is 2. The van der Waals surface area contributed by atoms with Crippen LogP contribution in [0, 0.1) is 0 Å². The zero-order valence-corrected chi connectivity index (χ0v) is 27.1. The maximum atomic E-state index is 5.06. The molecule has 0 aliphatic heterocycles. The van der Waals surface area contributed by atoms with Crippen molar-refractivity contribution in [2.45, 2.75) is 38.5 Å². The molecule has 0 bridgehead atoms. The molecule has 1 aromatic heterocycles. The molecule has 0 spiro atoms. The molecular formula is C45H34N2. The van der Waals surface area contributed by atoms with Crippen LogP contribution in [0.5, 0.6) is 0 Å². The van der Waals surface area contributed by atoms with Gasteiger partial charge in [0.15, 0.2) is 0 Å². The zero-order valence-electron chi connectivity index (χ0n) is 27.1. The van der Waals surface area contributed by atoms with Crippen LogP contribution in [0.1, 0.15) is 49.9 Å². The normalized spacial score (nSPS) is 15.1. The zero-order chi connectivity index (χ0) is 31.7. The Labute approximate surface area is 275 Å². The van der Waals surface area contributed by atoms with Gasteiger partial charge in [0.1, 0.15) is 5.82 Å². The van der Waals surface area contributed by atoms with Crippen LogP contribution in [-0.4, -0.2) is 9.55 Å². The summed E-state index contributed by atoms with van der Waals surface area (Å²) < 4.78 is 2.29. The lowest BCUT2D eigenvalue weighted by Crippen LogP contribution is -2.24. The molecule has 8 aromatic rings. The minimum atomic E-state index is -0.144. The largest absolute Gasteiger partial charge is 0.292 e. The third-order valence-corrected chi connectivity index (χ3v) is 11.2. The molecule has 2 aliphatic carbocycles. The van der Waals surface area contributed by atoms with Crippen LogP contribution in [0.4, 0.5) is 0 Å². The molecule has 0 saturated carbocycles. The summed E-state index contributed by atoms with van der Waals surface area (Å²) in [6.07, 6.45) is 0. The second kappa shape index (κ2) is 9.08. The Morgan fingerprint density at radius 2 is 1.17 bits per heavy atom. The molecule has 47 heavy (non-hydrogen) atoms. The van der Waals surface area contributed by atoms with Crippen molar-refractivity contribution >= 4 is 32.6 Å². The van der Waals surface area contributed by atoms with Crippen LogP contribution in [0.25, 0.3) is 71.9 Å². The molecule has 2 heteroatoms. The molecule has 2 aliphatic rings. The van der Waals surface area contributed by atoms with E-state index in [0.717, 1.165) is 28.1 Å². The van der Waals surface area contributed by atoms with Crippen molar-refractivity contribution in [1.29, 1.82) is 0 Å². The van der Waals surface area contributed by atoms with E-state index in [4.69, 9.17) is 4.98 Å². The second-order valence-corrected chi connectivity index (χ2v) is 14.4. The van der Waals surface area contributed by atoms with Gasteiger partial charge in [0.05, 0.1) is 11.0 Å². The maximum absolute atomic E-state index is 5.06. The molecular weight excluding hydrogens is 569 g/mol. The predicted octanol–water partition coefficient (Wildman–Crippen LogP) is 11.6. The Balaban J connectivity index is 1.17. The number of hydrogen-bond acceptors (Lipinski definition) is 1. The Bertz CT molecular complexity index is 2600. The molecule has 0 saturated heterocycles. The van der Waals surface area contributed by atoms with E-state index in [1.54, 1.807) is 0 Å². The number of benzene rings is 7. The first-order valence-corrected chi connectivity index (χ1v) is 16.6. The van der Waals surface area contributed by atoms with E-state index in [1.807, 2.05) is 0 Å². The lowest BCUT2D eigenvalue weighted by atomic mass is 9.67. The van der Waals surface area contributed by atoms with Gasteiger partial charge in [-0.25, -0.2) is 4.98 Å². The number of hydrogen-bond donors (Lipinski definition) is 0. The highest BCUT2D eigenvalue weighted by molar-refractivity contribution is 6.18. The van der Waals surface area contributed by atoms with E-state index in [2.05, 4.69) is 166 Å². The van der Waals surface area contributed by atoms with Crippen molar-refractivity contribution in [1.82, 2.24) is 9.55 Å². The first kappa shape index (κ1) is 26.7. The predicted molar refractivity (Wildman–Crippen MR) is 197 cm³/mol. The summed E-state index contributed by atoms with van der Waals surface area (Å²) in [6, 6.07) is 49.1. The lowest BCUT2D eigenvalue weighted by molar-refractivity contribution is 0.640. The summed E-state index contributed by atoms with van der Waals surface area (Å²) >= 11 is 0. The fourth-order valence-corrected chi connectivity index (χ4v) is 8.70. The first-order chi connectivity index (χ1) is 22.8. The SMILES string of the molecule is CC1(C)c2cc(-c3ccc(-n4c(-c5ccccc5)nc5ccccc54)cc3)cc3c2-c2c1ccc1c2c(cc2ccccc21)C3(C)C. The molecule has 0 radical (unpaired) electrons. The van der Waals surface area contributed by atoms with Crippen LogP contribution < -0.4 is 0 Å². The van der Waals surface area contributed by atoms with Gasteiger partial charge in [-0.15, -0.1) is 0 Å². The van der Waals surface area contributed by atoms with Gasteiger partial charge in [0.25, 0.3) is 0 Å². The Kier molecular flexibility index (Phi) is 5.16. The van der Waals surface area contributed by atoms with E-state index in [9.17, 15) is 0 Å². The highest BCUT2D eigenvalue weighted by atomic mass is 15.1. The maximum Gasteiger partial charge on any atom is 0.145 e. The van der Waals surface area contributed by atoms with Crippen molar-refractivity contribution in [2.24, 2.45) is 0 Å². The van der Waals surface area contributed by atoms with Crippen LogP contribution in [0.15, 0.2) is 133 Å². The number of nitrogens with zero attached hydrogens (tertiary/aromatic N) is 2. The lowest BCUT2D eigenvalue weighted by Gasteiger charge is -2.36. The van der Waals surface area contributed by atoms with Crippen LogP contribution in [0.3, 0.4) is 0 Å².